The second-order valence-corrected chi connectivity index (χ2v) is 6.02. The summed E-state index contributed by atoms with van der Waals surface area (Å²) in [5.74, 6) is -2.14. The standard InChI is InChI=1S/C14H21NO4/c16-13(15-8-4-2-1-3-5-8)11-9-6-7-10(19-9)12(11)14(17)18/h8-12H,1-7H2,(H,15,16)(H,17,18)/t9-,10-,11+,12+/m1/s1. The summed E-state index contributed by atoms with van der Waals surface area (Å²) in [7, 11) is 0. The Balaban J connectivity index is 1.66. The first-order valence-electron chi connectivity index (χ1n) is 7.35. The second-order valence-electron chi connectivity index (χ2n) is 6.02. The highest BCUT2D eigenvalue weighted by atomic mass is 16.5. The first-order chi connectivity index (χ1) is 9.16. The minimum Gasteiger partial charge on any atom is -0.481 e. The van der Waals surface area contributed by atoms with Gasteiger partial charge in [-0.2, -0.15) is 0 Å². The van der Waals surface area contributed by atoms with E-state index in [1.165, 1.54) is 6.42 Å². The van der Waals surface area contributed by atoms with Gasteiger partial charge in [0, 0.05) is 6.04 Å². The third-order valence-electron chi connectivity index (χ3n) is 4.81. The van der Waals surface area contributed by atoms with Crippen LogP contribution in [0.2, 0.25) is 0 Å². The Morgan fingerprint density at radius 2 is 1.58 bits per heavy atom. The monoisotopic (exact) mass is 267 g/mol. The first kappa shape index (κ1) is 12.9. The zero-order valence-electron chi connectivity index (χ0n) is 11.0. The molecule has 0 radical (unpaired) electrons. The van der Waals surface area contributed by atoms with Crippen molar-refractivity contribution < 1.29 is 19.4 Å². The number of hydrogen-bond acceptors (Lipinski definition) is 3. The summed E-state index contributed by atoms with van der Waals surface area (Å²) in [6.07, 6.45) is 6.73. The number of carbonyl (C=O) groups excluding carboxylic acids is 1. The molecule has 2 bridgehead atoms. The Bertz CT molecular complexity index is 378. The predicted molar refractivity (Wildman–Crippen MR) is 67.5 cm³/mol. The van der Waals surface area contributed by atoms with E-state index in [2.05, 4.69) is 5.32 Å². The van der Waals surface area contributed by atoms with Gasteiger partial charge >= 0.3 is 5.97 Å². The Labute approximate surface area is 112 Å². The summed E-state index contributed by atoms with van der Waals surface area (Å²) in [6.45, 7) is 0. The number of fused-ring (bicyclic) bond motifs is 2. The molecule has 2 heterocycles. The van der Waals surface area contributed by atoms with Crippen LogP contribution >= 0.6 is 0 Å². The van der Waals surface area contributed by atoms with Gasteiger partial charge in [0.2, 0.25) is 5.91 Å². The van der Waals surface area contributed by atoms with Crippen LogP contribution < -0.4 is 5.32 Å². The summed E-state index contributed by atoms with van der Waals surface area (Å²) in [5, 5.41) is 12.3. The molecule has 0 unspecified atom stereocenters. The lowest BCUT2D eigenvalue weighted by molar-refractivity contribution is -0.148. The minimum atomic E-state index is -0.893. The summed E-state index contributed by atoms with van der Waals surface area (Å²) in [6, 6.07) is 0.231. The van der Waals surface area contributed by atoms with Gasteiger partial charge in [-0.1, -0.05) is 19.3 Å². The molecule has 2 aliphatic heterocycles. The van der Waals surface area contributed by atoms with E-state index >= 15 is 0 Å². The first-order valence-corrected chi connectivity index (χ1v) is 7.35. The molecule has 0 aromatic carbocycles. The van der Waals surface area contributed by atoms with E-state index in [9.17, 15) is 14.7 Å². The third kappa shape index (κ3) is 2.36. The van der Waals surface area contributed by atoms with Gasteiger partial charge in [-0.25, -0.2) is 0 Å². The zero-order chi connectivity index (χ0) is 13.4. The maximum Gasteiger partial charge on any atom is 0.310 e. The van der Waals surface area contributed by atoms with Crippen LogP contribution in [0, 0.1) is 11.8 Å². The van der Waals surface area contributed by atoms with Crippen LogP contribution in [0.1, 0.15) is 44.9 Å². The van der Waals surface area contributed by atoms with Gasteiger partial charge < -0.3 is 15.2 Å². The van der Waals surface area contributed by atoms with E-state index in [1.54, 1.807) is 0 Å². The fraction of sp³-hybridized carbons (Fsp3) is 0.857. The van der Waals surface area contributed by atoms with Crippen LogP contribution in [0.4, 0.5) is 0 Å². The summed E-state index contributed by atoms with van der Waals surface area (Å²) in [5.41, 5.74) is 0. The normalized spacial score (nSPS) is 38.3. The van der Waals surface area contributed by atoms with Crippen molar-refractivity contribution in [3.05, 3.63) is 0 Å². The van der Waals surface area contributed by atoms with Gasteiger partial charge in [0.05, 0.1) is 24.0 Å². The Morgan fingerprint density at radius 1 is 0.947 bits per heavy atom. The van der Waals surface area contributed by atoms with Crippen molar-refractivity contribution in [2.45, 2.75) is 63.2 Å². The minimum absolute atomic E-state index is 0.105. The van der Waals surface area contributed by atoms with Crippen molar-refractivity contribution in [3.63, 3.8) is 0 Å². The van der Waals surface area contributed by atoms with E-state index < -0.39 is 17.8 Å². The molecule has 106 valence electrons. The van der Waals surface area contributed by atoms with Crippen molar-refractivity contribution >= 4 is 11.9 Å². The predicted octanol–water partition coefficient (Wildman–Crippen LogP) is 1.31. The molecule has 1 saturated carbocycles. The van der Waals surface area contributed by atoms with Crippen molar-refractivity contribution in [2.75, 3.05) is 0 Å². The van der Waals surface area contributed by atoms with E-state index in [0.29, 0.717) is 0 Å². The number of nitrogens with one attached hydrogen (secondary N) is 1. The molecule has 1 aliphatic carbocycles. The number of amides is 1. The van der Waals surface area contributed by atoms with Crippen LogP contribution in [0.25, 0.3) is 0 Å². The van der Waals surface area contributed by atoms with E-state index in [4.69, 9.17) is 4.74 Å². The van der Waals surface area contributed by atoms with Gasteiger partial charge in [-0.05, 0) is 25.7 Å². The number of ether oxygens (including phenoxy) is 1. The number of carboxylic acids is 1. The molecule has 0 aromatic rings. The largest absolute Gasteiger partial charge is 0.481 e. The van der Waals surface area contributed by atoms with Crippen LogP contribution in [0.3, 0.4) is 0 Å². The smallest absolute Gasteiger partial charge is 0.310 e. The lowest BCUT2D eigenvalue weighted by Gasteiger charge is -2.28. The second kappa shape index (κ2) is 5.12. The van der Waals surface area contributed by atoms with E-state index in [-0.39, 0.29) is 24.2 Å². The van der Waals surface area contributed by atoms with E-state index in [1.807, 2.05) is 0 Å². The average molecular weight is 267 g/mol. The molecule has 5 heteroatoms. The van der Waals surface area contributed by atoms with Crippen LogP contribution in [-0.2, 0) is 14.3 Å². The highest BCUT2D eigenvalue weighted by Gasteiger charge is 2.55. The zero-order valence-corrected chi connectivity index (χ0v) is 11.0. The molecule has 3 rings (SSSR count). The molecule has 0 spiro atoms. The number of hydrogen-bond donors (Lipinski definition) is 2. The van der Waals surface area contributed by atoms with Crippen LogP contribution in [0.15, 0.2) is 0 Å². The Kier molecular flexibility index (Phi) is 3.48. The highest BCUT2D eigenvalue weighted by Crippen LogP contribution is 2.43. The summed E-state index contributed by atoms with van der Waals surface area (Å²) in [4.78, 5) is 23.7. The fourth-order valence-electron chi connectivity index (χ4n) is 3.87. The lowest BCUT2D eigenvalue weighted by atomic mass is 9.78. The molecular weight excluding hydrogens is 246 g/mol. The highest BCUT2D eigenvalue weighted by molar-refractivity contribution is 5.86. The maximum atomic E-state index is 12.4. The molecule has 0 aromatic heterocycles. The van der Waals surface area contributed by atoms with Gasteiger partial charge in [-0.15, -0.1) is 0 Å². The van der Waals surface area contributed by atoms with Crippen LogP contribution in [-0.4, -0.2) is 35.2 Å². The molecule has 5 nitrogen and oxygen atoms in total. The molecule has 2 saturated heterocycles. The molecule has 19 heavy (non-hydrogen) atoms. The van der Waals surface area contributed by atoms with E-state index in [0.717, 1.165) is 38.5 Å². The molecule has 3 aliphatic rings. The van der Waals surface area contributed by atoms with Gasteiger partial charge in [0.1, 0.15) is 0 Å². The van der Waals surface area contributed by atoms with Crippen LogP contribution in [0.5, 0.6) is 0 Å². The van der Waals surface area contributed by atoms with Gasteiger partial charge in [0.15, 0.2) is 0 Å². The SMILES string of the molecule is O=C(O)[C@@H]1[C@@H](C(=O)NC2CCCCC2)[C@H]2CC[C@H]1O2. The molecular formula is C14H21NO4. The molecule has 3 fully saturated rings. The number of aliphatic carboxylic acids is 1. The number of rotatable bonds is 3. The Morgan fingerprint density at radius 3 is 2.21 bits per heavy atom. The van der Waals surface area contributed by atoms with Crippen molar-refractivity contribution in [1.82, 2.24) is 5.32 Å². The van der Waals surface area contributed by atoms with Crippen molar-refractivity contribution in [2.24, 2.45) is 11.8 Å². The van der Waals surface area contributed by atoms with Gasteiger partial charge in [0.25, 0.3) is 0 Å². The quantitative estimate of drug-likeness (QED) is 0.808. The fourth-order valence-corrected chi connectivity index (χ4v) is 3.87. The van der Waals surface area contributed by atoms with Gasteiger partial charge in [-0.3, -0.25) is 9.59 Å². The molecule has 1 amide bonds. The summed E-state index contributed by atoms with van der Waals surface area (Å²) >= 11 is 0. The lowest BCUT2D eigenvalue weighted by Crippen LogP contribution is -2.47. The van der Waals surface area contributed by atoms with Crippen molar-refractivity contribution in [3.8, 4) is 0 Å². The maximum absolute atomic E-state index is 12.4. The topological polar surface area (TPSA) is 75.6 Å². The average Bonchev–Trinajstić information content (AvgIpc) is 2.99. The summed E-state index contributed by atoms with van der Waals surface area (Å²) < 4.78 is 5.63. The van der Waals surface area contributed by atoms with Crippen molar-refractivity contribution in [1.29, 1.82) is 0 Å². The molecule has 2 N–H and O–H groups in total. The molecule has 4 atom stereocenters. The Hall–Kier alpha value is -1.10. The number of carbonyl (C=O) groups is 2. The third-order valence-corrected chi connectivity index (χ3v) is 4.81. The number of carboxylic acid groups (broad SMARTS) is 1.